The molecule has 1 rings (SSSR count). The van der Waals surface area contributed by atoms with Crippen molar-refractivity contribution in [3.05, 3.63) is 29.6 Å². The number of halogens is 1. The van der Waals surface area contributed by atoms with Crippen LogP contribution in [0.15, 0.2) is 18.2 Å². The maximum absolute atomic E-state index is 13.1. The Labute approximate surface area is 100 Å². The van der Waals surface area contributed by atoms with Gasteiger partial charge in [0, 0.05) is 17.4 Å². The molecule has 1 unspecified atom stereocenters. The molecule has 2 N–H and O–H groups in total. The molecule has 0 aliphatic rings. The molecular formula is C12H18FNOS. The van der Waals surface area contributed by atoms with Crippen molar-refractivity contribution in [1.29, 1.82) is 0 Å². The van der Waals surface area contributed by atoms with Crippen LogP contribution in [0.3, 0.4) is 0 Å². The normalized spacial score (nSPS) is 12.5. The van der Waals surface area contributed by atoms with E-state index >= 15 is 0 Å². The largest absolute Gasteiger partial charge is 0.496 e. The first-order chi connectivity index (χ1) is 7.69. The SMILES string of the molecule is CCCSCC(N)c1cc(F)ccc1OC. The summed E-state index contributed by atoms with van der Waals surface area (Å²) in [4.78, 5) is 0. The molecule has 2 nitrogen and oxygen atoms in total. The second-order valence-corrected chi connectivity index (χ2v) is 4.72. The highest BCUT2D eigenvalue weighted by Gasteiger charge is 2.12. The molecule has 0 heterocycles. The minimum absolute atomic E-state index is 0.179. The maximum atomic E-state index is 13.1. The highest BCUT2D eigenvalue weighted by molar-refractivity contribution is 7.99. The number of methoxy groups -OCH3 is 1. The van der Waals surface area contributed by atoms with Gasteiger partial charge in [-0.05, 0) is 30.4 Å². The minimum Gasteiger partial charge on any atom is -0.496 e. The Kier molecular flexibility index (Phi) is 5.63. The standard InChI is InChI=1S/C12H18FNOS/c1-3-6-16-8-11(14)10-7-9(13)4-5-12(10)15-2/h4-5,7,11H,3,6,8,14H2,1-2H3. The molecule has 1 aromatic rings. The van der Waals surface area contributed by atoms with Crippen molar-refractivity contribution in [1.82, 2.24) is 0 Å². The number of benzene rings is 1. The molecule has 0 spiro atoms. The first-order valence-electron chi connectivity index (χ1n) is 5.35. The van der Waals surface area contributed by atoms with Gasteiger partial charge in [0.1, 0.15) is 11.6 Å². The molecule has 1 atom stereocenters. The third kappa shape index (κ3) is 3.68. The Balaban J connectivity index is 2.72. The summed E-state index contributed by atoms with van der Waals surface area (Å²) < 4.78 is 18.3. The lowest BCUT2D eigenvalue weighted by molar-refractivity contribution is 0.405. The topological polar surface area (TPSA) is 35.2 Å². The third-order valence-electron chi connectivity index (χ3n) is 2.24. The summed E-state index contributed by atoms with van der Waals surface area (Å²) in [7, 11) is 1.57. The maximum Gasteiger partial charge on any atom is 0.123 e. The van der Waals surface area contributed by atoms with Gasteiger partial charge < -0.3 is 10.5 Å². The van der Waals surface area contributed by atoms with Gasteiger partial charge in [-0.1, -0.05) is 6.92 Å². The van der Waals surface area contributed by atoms with E-state index in [9.17, 15) is 4.39 Å². The molecule has 0 radical (unpaired) electrons. The molecular weight excluding hydrogens is 225 g/mol. The van der Waals surface area contributed by atoms with Crippen molar-refractivity contribution < 1.29 is 9.13 Å². The zero-order chi connectivity index (χ0) is 12.0. The van der Waals surface area contributed by atoms with Crippen LogP contribution in [0, 0.1) is 5.82 Å². The van der Waals surface area contributed by atoms with E-state index < -0.39 is 0 Å². The number of ether oxygens (including phenoxy) is 1. The van der Waals surface area contributed by atoms with Gasteiger partial charge in [-0.25, -0.2) is 4.39 Å². The fraction of sp³-hybridized carbons (Fsp3) is 0.500. The van der Waals surface area contributed by atoms with E-state index in [1.807, 2.05) is 0 Å². The summed E-state index contributed by atoms with van der Waals surface area (Å²) in [5.74, 6) is 2.25. The van der Waals surface area contributed by atoms with Gasteiger partial charge in [-0.2, -0.15) is 11.8 Å². The van der Waals surface area contributed by atoms with Gasteiger partial charge in [-0.15, -0.1) is 0 Å². The molecule has 0 aliphatic carbocycles. The van der Waals surface area contributed by atoms with E-state index in [2.05, 4.69) is 6.92 Å². The second-order valence-electron chi connectivity index (χ2n) is 3.57. The fourth-order valence-electron chi connectivity index (χ4n) is 1.44. The predicted molar refractivity (Wildman–Crippen MR) is 67.5 cm³/mol. The van der Waals surface area contributed by atoms with E-state index in [0.717, 1.165) is 23.5 Å². The van der Waals surface area contributed by atoms with Gasteiger partial charge in [0.05, 0.1) is 7.11 Å². The lowest BCUT2D eigenvalue weighted by Gasteiger charge is -2.15. The van der Waals surface area contributed by atoms with E-state index in [4.69, 9.17) is 10.5 Å². The van der Waals surface area contributed by atoms with E-state index in [-0.39, 0.29) is 11.9 Å². The monoisotopic (exact) mass is 243 g/mol. The Morgan fingerprint density at radius 1 is 1.50 bits per heavy atom. The molecule has 0 amide bonds. The summed E-state index contributed by atoms with van der Waals surface area (Å²) in [6, 6.07) is 4.28. The van der Waals surface area contributed by atoms with Crippen LogP contribution < -0.4 is 10.5 Å². The lowest BCUT2D eigenvalue weighted by Crippen LogP contribution is -2.14. The molecule has 90 valence electrons. The van der Waals surface area contributed by atoms with E-state index in [0.29, 0.717) is 5.75 Å². The quantitative estimate of drug-likeness (QED) is 0.780. The van der Waals surface area contributed by atoms with Crippen LogP contribution in [0.1, 0.15) is 24.9 Å². The summed E-state index contributed by atoms with van der Waals surface area (Å²) >= 11 is 1.78. The molecule has 1 aromatic carbocycles. The van der Waals surface area contributed by atoms with Gasteiger partial charge in [0.15, 0.2) is 0 Å². The van der Waals surface area contributed by atoms with Crippen molar-refractivity contribution in [3.63, 3.8) is 0 Å². The predicted octanol–water partition coefficient (Wildman–Crippen LogP) is 2.98. The molecule has 16 heavy (non-hydrogen) atoms. The number of nitrogens with two attached hydrogens (primary N) is 1. The Bertz CT molecular complexity index is 333. The highest BCUT2D eigenvalue weighted by atomic mass is 32.2. The fourth-order valence-corrected chi connectivity index (χ4v) is 2.33. The Hall–Kier alpha value is -0.740. The summed E-state index contributed by atoms with van der Waals surface area (Å²) in [5.41, 5.74) is 6.76. The smallest absolute Gasteiger partial charge is 0.123 e. The first kappa shape index (κ1) is 13.3. The third-order valence-corrected chi connectivity index (χ3v) is 3.53. The van der Waals surface area contributed by atoms with Crippen molar-refractivity contribution in [3.8, 4) is 5.75 Å². The molecule has 0 aromatic heterocycles. The summed E-state index contributed by atoms with van der Waals surface area (Å²) in [6.45, 7) is 2.13. The summed E-state index contributed by atoms with van der Waals surface area (Å²) in [6.07, 6.45) is 1.12. The van der Waals surface area contributed by atoms with Crippen molar-refractivity contribution in [2.45, 2.75) is 19.4 Å². The number of hydrogen-bond donors (Lipinski definition) is 1. The number of thioether (sulfide) groups is 1. The Morgan fingerprint density at radius 3 is 2.88 bits per heavy atom. The van der Waals surface area contributed by atoms with Crippen LogP contribution >= 0.6 is 11.8 Å². The molecule has 0 bridgehead atoms. The molecule has 0 aliphatic heterocycles. The van der Waals surface area contributed by atoms with E-state index in [1.54, 1.807) is 24.9 Å². The first-order valence-corrected chi connectivity index (χ1v) is 6.51. The number of hydrogen-bond acceptors (Lipinski definition) is 3. The van der Waals surface area contributed by atoms with Gasteiger partial charge in [0.2, 0.25) is 0 Å². The van der Waals surface area contributed by atoms with Gasteiger partial charge in [-0.3, -0.25) is 0 Å². The zero-order valence-electron chi connectivity index (χ0n) is 9.70. The summed E-state index contributed by atoms with van der Waals surface area (Å²) in [5, 5.41) is 0. The van der Waals surface area contributed by atoms with Crippen molar-refractivity contribution in [2.24, 2.45) is 5.73 Å². The van der Waals surface area contributed by atoms with Crippen molar-refractivity contribution in [2.75, 3.05) is 18.6 Å². The van der Waals surface area contributed by atoms with Crippen LogP contribution in [0.2, 0.25) is 0 Å². The highest BCUT2D eigenvalue weighted by Crippen LogP contribution is 2.26. The van der Waals surface area contributed by atoms with Crippen molar-refractivity contribution >= 4 is 11.8 Å². The average Bonchev–Trinajstić information content (AvgIpc) is 2.29. The van der Waals surface area contributed by atoms with Crippen LogP contribution in [0.4, 0.5) is 4.39 Å². The lowest BCUT2D eigenvalue weighted by atomic mass is 10.1. The van der Waals surface area contributed by atoms with Crippen LogP contribution in [0.5, 0.6) is 5.75 Å². The van der Waals surface area contributed by atoms with E-state index in [1.165, 1.54) is 12.1 Å². The molecule has 0 fully saturated rings. The average molecular weight is 243 g/mol. The second kappa shape index (κ2) is 6.76. The van der Waals surface area contributed by atoms with Gasteiger partial charge >= 0.3 is 0 Å². The van der Waals surface area contributed by atoms with Gasteiger partial charge in [0.25, 0.3) is 0 Å². The molecule has 0 saturated heterocycles. The van der Waals surface area contributed by atoms with Crippen LogP contribution in [0.25, 0.3) is 0 Å². The van der Waals surface area contributed by atoms with Crippen LogP contribution in [-0.2, 0) is 0 Å². The minimum atomic E-state index is -0.272. The number of rotatable bonds is 6. The molecule has 4 heteroatoms. The molecule has 0 saturated carbocycles. The van der Waals surface area contributed by atoms with Crippen LogP contribution in [-0.4, -0.2) is 18.6 Å². The Morgan fingerprint density at radius 2 is 2.25 bits per heavy atom. The zero-order valence-corrected chi connectivity index (χ0v) is 10.5.